The van der Waals surface area contributed by atoms with Gasteiger partial charge in [-0.2, -0.15) is 13.2 Å². The van der Waals surface area contributed by atoms with Gasteiger partial charge in [-0.15, -0.1) is 10.2 Å². The van der Waals surface area contributed by atoms with Crippen molar-refractivity contribution in [3.63, 3.8) is 0 Å². The molecule has 2 saturated heterocycles. The molecule has 4 heterocycles. The van der Waals surface area contributed by atoms with Gasteiger partial charge in [0.1, 0.15) is 16.5 Å². The summed E-state index contributed by atoms with van der Waals surface area (Å²) in [6.45, 7) is 6.35. The van der Waals surface area contributed by atoms with Crippen LogP contribution in [0.4, 0.5) is 36.2 Å². The lowest BCUT2D eigenvalue weighted by atomic mass is 10.0. The number of piperidine rings is 1. The molecule has 0 atom stereocenters. The largest absolute Gasteiger partial charge is 0.494 e. The molecule has 0 amide bonds. The molecule has 2 aliphatic rings. The molecular weight excluding hydrogens is 591 g/mol. The Morgan fingerprint density at radius 2 is 1.66 bits per heavy atom. The van der Waals surface area contributed by atoms with Crippen molar-refractivity contribution in [2.45, 2.75) is 25.1 Å². The molecule has 3 N–H and O–H groups in total. The monoisotopic (exact) mass is 625 g/mol. The van der Waals surface area contributed by atoms with E-state index in [9.17, 15) is 13.2 Å². The number of nitrogen functional groups attached to an aromatic ring is 1. The molecular formula is C30H34F3N9OS. The molecule has 4 aromatic rings. The number of hydrogen-bond donors (Lipinski definition) is 2. The summed E-state index contributed by atoms with van der Waals surface area (Å²) in [5.41, 5.74) is 9.11. The fourth-order valence-electron chi connectivity index (χ4n) is 5.69. The summed E-state index contributed by atoms with van der Waals surface area (Å²) < 4.78 is 44.5. The number of anilines is 4. The van der Waals surface area contributed by atoms with Crippen LogP contribution in [0.15, 0.2) is 48.7 Å². The number of nitrogens with two attached hydrogens (primary N) is 1. The van der Waals surface area contributed by atoms with Gasteiger partial charge in [0.15, 0.2) is 5.01 Å². The van der Waals surface area contributed by atoms with Crippen molar-refractivity contribution in [1.29, 1.82) is 0 Å². The molecule has 2 aromatic heterocycles. The molecule has 0 spiro atoms. The van der Waals surface area contributed by atoms with E-state index in [0.717, 1.165) is 69.9 Å². The van der Waals surface area contributed by atoms with Crippen LogP contribution in [-0.2, 0) is 6.18 Å². The first-order valence-corrected chi connectivity index (χ1v) is 15.3. The van der Waals surface area contributed by atoms with Gasteiger partial charge < -0.3 is 25.6 Å². The lowest BCUT2D eigenvalue weighted by Gasteiger charge is -2.42. The van der Waals surface area contributed by atoms with Crippen LogP contribution in [-0.4, -0.2) is 89.4 Å². The van der Waals surface area contributed by atoms with Gasteiger partial charge in [0.25, 0.3) is 0 Å². The number of halogens is 3. The minimum absolute atomic E-state index is 0.312. The van der Waals surface area contributed by atoms with Crippen LogP contribution in [0.5, 0.6) is 5.75 Å². The molecule has 6 rings (SSSR count). The van der Waals surface area contributed by atoms with E-state index in [2.05, 4.69) is 47.2 Å². The number of aromatic nitrogens is 4. The van der Waals surface area contributed by atoms with Crippen molar-refractivity contribution in [1.82, 2.24) is 30.0 Å². The summed E-state index contributed by atoms with van der Waals surface area (Å²) in [7, 11) is 3.79. The Bertz CT molecular complexity index is 1580. The Labute approximate surface area is 257 Å². The number of benzene rings is 2. The molecule has 0 unspecified atom stereocenters. The minimum atomic E-state index is -4.40. The quantitative estimate of drug-likeness (QED) is 0.265. The fourth-order valence-corrected chi connectivity index (χ4v) is 6.51. The smallest absolute Gasteiger partial charge is 0.416 e. The second-order valence-electron chi connectivity index (χ2n) is 11.0. The molecule has 10 nitrogen and oxygen atoms in total. The first-order chi connectivity index (χ1) is 21.2. The van der Waals surface area contributed by atoms with Gasteiger partial charge >= 0.3 is 6.18 Å². The SMILES string of the molecule is COc1cc(N2CCC(N3CCN(C)CC3)CC2)c(N)cc1Nc1nccc(-c2nnc(-c3ccc(C(F)(F)F)cc3)s2)n1. The topological polar surface area (TPSA) is 109 Å². The van der Waals surface area contributed by atoms with Crippen LogP contribution in [0.1, 0.15) is 18.4 Å². The zero-order chi connectivity index (χ0) is 30.8. The van der Waals surface area contributed by atoms with E-state index >= 15 is 0 Å². The molecule has 2 aromatic carbocycles. The van der Waals surface area contributed by atoms with Crippen molar-refractivity contribution in [2.75, 3.05) is 69.4 Å². The third-order valence-electron chi connectivity index (χ3n) is 8.21. The third kappa shape index (κ3) is 6.56. The summed E-state index contributed by atoms with van der Waals surface area (Å²) >= 11 is 1.23. The van der Waals surface area contributed by atoms with Crippen LogP contribution in [0, 0.1) is 0 Å². The van der Waals surface area contributed by atoms with E-state index < -0.39 is 11.7 Å². The number of nitrogens with zero attached hydrogens (tertiary/aromatic N) is 7. The highest BCUT2D eigenvalue weighted by molar-refractivity contribution is 7.17. The maximum atomic E-state index is 12.9. The van der Waals surface area contributed by atoms with E-state index in [1.54, 1.807) is 19.4 Å². The Kier molecular flexibility index (Phi) is 8.56. The fraction of sp³-hybridized carbons (Fsp3) is 0.400. The maximum Gasteiger partial charge on any atom is 0.416 e. The number of alkyl halides is 3. The van der Waals surface area contributed by atoms with Crippen LogP contribution < -0.4 is 20.7 Å². The molecule has 44 heavy (non-hydrogen) atoms. The van der Waals surface area contributed by atoms with E-state index in [1.165, 1.54) is 23.5 Å². The minimum Gasteiger partial charge on any atom is -0.494 e. The average Bonchev–Trinajstić information content (AvgIpc) is 3.52. The van der Waals surface area contributed by atoms with Gasteiger partial charge in [-0.05, 0) is 44.2 Å². The van der Waals surface area contributed by atoms with E-state index in [0.29, 0.717) is 50.4 Å². The number of nitrogens with one attached hydrogen (secondary N) is 1. The van der Waals surface area contributed by atoms with Gasteiger partial charge in [0.05, 0.1) is 29.7 Å². The zero-order valence-corrected chi connectivity index (χ0v) is 25.3. The third-order valence-corrected chi connectivity index (χ3v) is 9.21. The highest BCUT2D eigenvalue weighted by Crippen LogP contribution is 2.38. The highest BCUT2D eigenvalue weighted by Gasteiger charge is 2.30. The Balaban J connectivity index is 1.14. The van der Waals surface area contributed by atoms with Gasteiger partial charge in [-0.25, -0.2) is 9.97 Å². The van der Waals surface area contributed by atoms with Gasteiger partial charge in [0.2, 0.25) is 5.95 Å². The lowest BCUT2D eigenvalue weighted by molar-refractivity contribution is -0.137. The molecule has 14 heteroatoms. The summed E-state index contributed by atoms with van der Waals surface area (Å²) in [6, 6.07) is 10.9. The van der Waals surface area contributed by atoms with Crippen LogP contribution in [0.3, 0.4) is 0 Å². The Morgan fingerprint density at radius 3 is 2.34 bits per heavy atom. The van der Waals surface area contributed by atoms with Gasteiger partial charge in [-0.3, -0.25) is 4.90 Å². The standard InChI is InChI=1S/C30H34F3N9OS/c1-40-13-15-41(16-14-40)21-8-11-42(12-9-21)25-18-26(43-2)24(17-22(25)34)37-29-35-10-7-23(36-29)28-39-38-27(44-28)19-3-5-20(6-4-19)30(31,32)33/h3-7,10,17-18,21H,8-9,11-16,34H2,1-2H3,(H,35,36,37). The predicted molar refractivity (Wildman–Crippen MR) is 166 cm³/mol. The molecule has 0 saturated carbocycles. The van der Waals surface area contributed by atoms with Crippen LogP contribution in [0.25, 0.3) is 21.3 Å². The van der Waals surface area contributed by atoms with Crippen LogP contribution in [0.2, 0.25) is 0 Å². The summed E-state index contributed by atoms with van der Waals surface area (Å²) in [6.07, 6.45) is -0.611. The highest BCUT2D eigenvalue weighted by atomic mass is 32.1. The van der Waals surface area contributed by atoms with Crippen molar-refractivity contribution < 1.29 is 17.9 Å². The Morgan fingerprint density at radius 1 is 0.955 bits per heavy atom. The number of hydrogen-bond acceptors (Lipinski definition) is 11. The second-order valence-corrected chi connectivity index (χ2v) is 12.0. The number of likely N-dealkylation sites (N-methyl/N-ethyl adjacent to an activating group) is 1. The van der Waals surface area contributed by atoms with Crippen LogP contribution >= 0.6 is 11.3 Å². The Hall–Kier alpha value is -4.01. The molecule has 232 valence electrons. The summed E-state index contributed by atoms with van der Waals surface area (Å²) in [5.74, 6) is 0.928. The predicted octanol–water partition coefficient (Wildman–Crippen LogP) is 5.23. The van der Waals surface area contributed by atoms with E-state index in [-0.39, 0.29) is 0 Å². The van der Waals surface area contributed by atoms with Crippen molar-refractivity contribution in [3.05, 3.63) is 54.2 Å². The lowest BCUT2D eigenvalue weighted by Crippen LogP contribution is -2.52. The normalized spacial score (nSPS) is 17.2. The van der Waals surface area contributed by atoms with Crippen molar-refractivity contribution in [3.8, 4) is 27.0 Å². The van der Waals surface area contributed by atoms with E-state index in [1.807, 2.05) is 12.1 Å². The van der Waals surface area contributed by atoms with Crippen molar-refractivity contribution >= 4 is 34.3 Å². The molecule has 2 fully saturated rings. The van der Waals surface area contributed by atoms with E-state index in [4.69, 9.17) is 10.5 Å². The van der Waals surface area contributed by atoms with Gasteiger partial charge in [0, 0.05) is 63.1 Å². The molecule has 0 aliphatic carbocycles. The molecule has 2 aliphatic heterocycles. The number of rotatable bonds is 7. The number of piperazine rings is 1. The summed E-state index contributed by atoms with van der Waals surface area (Å²) in [5, 5.41) is 12.6. The average molecular weight is 626 g/mol. The maximum absolute atomic E-state index is 12.9. The number of ether oxygens (including phenoxy) is 1. The van der Waals surface area contributed by atoms with Crippen molar-refractivity contribution in [2.24, 2.45) is 0 Å². The first kappa shape index (κ1) is 30.0. The zero-order valence-electron chi connectivity index (χ0n) is 24.5. The van der Waals surface area contributed by atoms with Gasteiger partial charge in [-0.1, -0.05) is 23.5 Å². The summed E-state index contributed by atoms with van der Waals surface area (Å²) in [4.78, 5) is 16.3. The molecule has 0 radical (unpaired) electrons. The number of methoxy groups -OCH3 is 1. The second kappa shape index (κ2) is 12.5. The first-order valence-electron chi connectivity index (χ1n) is 14.4. The molecule has 0 bridgehead atoms.